The van der Waals surface area contributed by atoms with Crippen LogP contribution in [0.25, 0.3) is 0 Å². The number of nitrogens with zero attached hydrogens (tertiary/aromatic N) is 3. The molecule has 1 aliphatic heterocycles. The van der Waals surface area contributed by atoms with Crippen molar-refractivity contribution in [3.8, 4) is 0 Å². The molecule has 1 N–H and O–H groups in total. The van der Waals surface area contributed by atoms with E-state index in [9.17, 15) is 9.90 Å². The largest absolute Gasteiger partial charge is 0.444 e. The van der Waals surface area contributed by atoms with Gasteiger partial charge in [-0.15, -0.1) is 0 Å². The molecule has 0 spiro atoms. The number of hydrogen-bond donors (Lipinski definition) is 1. The average molecular weight is 329 g/mol. The third kappa shape index (κ3) is 4.08. The third-order valence-electron chi connectivity index (χ3n) is 3.43. The van der Waals surface area contributed by atoms with Crippen molar-refractivity contribution >= 4 is 6.09 Å². The highest BCUT2D eigenvalue weighted by molar-refractivity contribution is 5.69. The molecule has 6 nitrogen and oxygen atoms in total. The maximum atomic E-state index is 12.2. The summed E-state index contributed by atoms with van der Waals surface area (Å²) in [7, 11) is 0. The van der Waals surface area contributed by atoms with Gasteiger partial charge in [0.2, 0.25) is 0 Å². The maximum Gasteiger partial charge on any atom is 0.410 e. The Hall–Kier alpha value is -2.47. The molecular weight excluding hydrogens is 306 g/mol. The number of hydrogen-bond acceptors (Lipinski definition) is 5. The number of carbonyl (C=O) groups is 1. The van der Waals surface area contributed by atoms with E-state index < -0.39 is 11.7 Å². The summed E-state index contributed by atoms with van der Waals surface area (Å²) in [4.78, 5) is 22.3. The molecule has 1 aliphatic rings. The molecule has 1 unspecified atom stereocenters. The van der Waals surface area contributed by atoms with Gasteiger partial charge in [-0.25, -0.2) is 14.8 Å². The van der Waals surface area contributed by atoms with Gasteiger partial charge in [-0.05, 0) is 26.3 Å². The van der Waals surface area contributed by atoms with E-state index in [0.29, 0.717) is 24.4 Å². The number of fused-ring (bicyclic) bond motifs is 1. The molecule has 128 valence electrons. The maximum absolute atomic E-state index is 12.2. The van der Waals surface area contributed by atoms with Gasteiger partial charge in [0.05, 0.1) is 18.8 Å². The molecule has 0 aliphatic carbocycles. The first-order valence-electron chi connectivity index (χ1n) is 7.71. The molecule has 1 aromatic heterocycles. The van der Waals surface area contributed by atoms with Gasteiger partial charge in [0.1, 0.15) is 11.7 Å². The topological polar surface area (TPSA) is 75.6 Å². The highest BCUT2D eigenvalue weighted by Crippen LogP contribution is 2.26. The summed E-state index contributed by atoms with van der Waals surface area (Å²) in [5.74, 6) is 0.271. The summed E-state index contributed by atoms with van der Waals surface area (Å²) in [6.07, 6.45) is 5.02. The molecule has 0 radical (unpaired) electrons. The van der Waals surface area contributed by atoms with Crippen LogP contribution in [-0.2, 0) is 17.8 Å². The van der Waals surface area contributed by atoms with E-state index in [-0.39, 0.29) is 11.9 Å². The van der Waals surface area contributed by atoms with Gasteiger partial charge >= 0.3 is 6.09 Å². The van der Waals surface area contributed by atoms with Crippen molar-refractivity contribution in [1.29, 1.82) is 0 Å². The number of amides is 1. The van der Waals surface area contributed by atoms with Crippen molar-refractivity contribution in [3.63, 3.8) is 0 Å². The Morgan fingerprint density at radius 2 is 2.12 bits per heavy atom. The number of carbonyl (C=O) groups excluding carboxylic acids is 1. The van der Waals surface area contributed by atoms with Crippen LogP contribution in [-0.4, -0.2) is 31.7 Å². The SMILES string of the molecule is C=C/C=C(\C=C)C(O)c1ncc2c(n1)CN(C(=O)OC(C)(C)C)C2. The number of allylic oxidation sites excluding steroid dienone is 2. The second kappa shape index (κ2) is 6.97. The number of aliphatic hydroxyl groups excluding tert-OH is 1. The molecule has 2 rings (SSSR count). The van der Waals surface area contributed by atoms with Crippen molar-refractivity contribution in [1.82, 2.24) is 14.9 Å². The van der Waals surface area contributed by atoms with E-state index >= 15 is 0 Å². The fourth-order valence-electron chi connectivity index (χ4n) is 2.31. The van der Waals surface area contributed by atoms with Crippen LogP contribution in [0.2, 0.25) is 0 Å². The highest BCUT2D eigenvalue weighted by Gasteiger charge is 2.29. The molecule has 1 atom stereocenters. The second-order valence-electron chi connectivity index (χ2n) is 6.55. The summed E-state index contributed by atoms with van der Waals surface area (Å²) < 4.78 is 5.37. The monoisotopic (exact) mass is 329 g/mol. The van der Waals surface area contributed by atoms with Crippen LogP contribution in [0, 0.1) is 0 Å². The Balaban J connectivity index is 2.17. The van der Waals surface area contributed by atoms with E-state index in [2.05, 4.69) is 23.1 Å². The number of ether oxygens (including phenoxy) is 1. The molecule has 0 bridgehead atoms. The first-order valence-corrected chi connectivity index (χ1v) is 7.71. The first kappa shape index (κ1) is 17.9. The molecule has 1 amide bonds. The van der Waals surface area contributed by atoms with Gasteiger partial charge in [0.25, 0.3) is 0 Å². The Morgan fingerprint density at radius 3 is 2.71 bits per heavy atom. The lowest BCUT2D eigenvalue weighted by Crippen LogP contribution is -2.33. The molecular formula is C18H23N3O3. The van der Waals surface area contributed by atoms with Crippen LogP contribution in [0.15, 0.2) is 43.2 Å². The predicted octanol–water partition coefficient (Wildman–Crippen LogP) is 3.06. The van der Waals surface area contributed by atoms with Crippen LogP contribution >= 0.6 is 0 Å². The lowest BCUT2D eigenvalue weighted by atomic mass is 10.1. The first-order chi connectivity index (χ1) is 11.2. The predicted molar refractivity (Wildman–Crippen MR) is 90.9 cm³/mol. The van der Waals surface area contributed by atoms with Gasteiger partial charge in [-0.2, -0.15) is 0 Å². The fraction of sp³-hybridized carbons (Fsp3) is 0.389. The van der Waals surface area contributed by atoms with Gasteiger partial charge in [-0.1, -0.05) is 31.4 Å². The summed E-state index contributed by atoms with van der Waals surface area (Å²) in [6.45, 7) is 13.5. The Kier molecular flexibility index (Phi) is 5.19. The van der Waals surface area contributed by atoms with E-state index in [1.54, 1.807) is 23.2 Å². The van der Waals surface area contributed by atoms with Crippen LogP contribution in [0.3, 0.4) is 0 Å². The molecule has 0 fully saturated rings. The Bertz CT molecular complexity index is 689. The average Bonchev–Trinajstić information content (AvgIpc) is 2.93. The summed E-state index contributed by atoms with van der Waals surface area (Å²) >= 11 is 0. The van der Waals surface area contributed by atoms with Crippen LogP contribution < -0.4 is 0 Å². The molecule has 0 saturated carbocycles. The van der Waals surface area contributed by atoms with Crippen LogP contribution in [0.5, 0.6) is 0 Å². The number of rotatable bonds is 4. The lowest BCUT2D eigenvalue weighted by Gasteiger charge is -2.23. The van der Waals surface area contributed by atoms with E-state index in [1.807, 2.05) is 20.8 Å². The van der Waals surface area contributed by atoms with Crippen molar-refractivity contribution in [2.75, 3.05) is 0 Å². The van der Waals surface area contributed by atoms with Crippen LogP contribution in [0.4, 0.5) is 4.79 Å². The molecule has 0 aromatic carbocycles. The zero-order chi connectivity index (χ0) is 17.9. The molecule has 2 heterocycles. The molecule has 1 aromatic rings. The smallest absolute Gasteiger partial charge is 0.410 e. The van der Waals surface area contributed by atoms with Crippen molar-refractivity contribution in [2.45, 2.75) is 45.6 Å². The van der Waals surface area contributed by atoms with Crippen molar-refractivity contribution in [3.05, 3.63) is 60.2 Å². The fourth-order valence-corrected chi connectivity index (χ4v) is 2.31. The lowest BCUT2D eigenvalue weighted by molar-refractivity contribution is 0.0240. The van der Waals surface area contributed by atoms with Gasteiger partial charge in [-0.3, -0.25) is 4.90 Å². The standard InChI is InChI=1S/C18H23N3O3/c1-6-8-12(7-2)15(22)16-19-9-13-10-21(11-14(13)20-16)17(23)24-18(3,4)5/h6-9,15,22H,1-2,10-11H2,3-5H3/b12-8+. The second-order valence-corrected chi connectivity index (χ2v) is 6.55. The minimum Gasteiger partial charge on any atom is -0.444 e. The van der Waals surface area contributed by atoms with Crippen molar-refractivity contribution in [2.24, 2.45) is 0 Å². The van der Waals surface area contributed by atoms with Gasteiger partial charge in [0.15, 0.2) is 5.82 Å². The summed E-state index contributed by atoms with van der Waals surface area (Å²) in [5, 5.41) is 10.4. The van der Waals surface area contributed by atoms with E-state index in [4.69, 9.17) is 4.74 Å². The Labute approximate surface area is 142 Å². The van der Waals surface area contributed by atoms with Crippen molar-refractivity contribution < 1.29 is 14.6 Å². The summed E-state index contributed by atoms with van der Waals surface area (Å²) in [5.41, 5.74) is 1.58. The van der Waals surface area contributed by atoms with E-state index in [0.717, 1.165) is 5.56 Å². The Morgan fingerprint density at radius 1 is 1.42 bits per heavy atom. The zero-order valence-corrected chi connectivity index (χ0v) is 14.3. The van der Waals surface area contributed by atoms with Gasteiger partial charge in [0, 0.05) is 11.8 Å². The van der Waals surface area contributed by atoms with Gasteiger partial charge < -0.3 is 9.84 Å². The molecule has 0 saturated heterocycles. The molecule has 24 heavy (non-hydrogen) atoms. The normalized spacial score (nSPS) is 15.7. The summed E-state index contributed by atoms with van der Waals surface area (Å²) in [6, 6.07) is 0. The zero-order valence-electron chi connectivity index (χ0n) is 14.3. The third-order valence-corrected chi connectivity index (χ3v) is 3.43. The number of aromatic nitrogens is 2. The van der Waals surface area contributed by atoms with Crippen LogP contribution in [0.1, 0.15) is 44.0 Å². The molecule has 6 heteroatoms. The quantitative estimate of drug-likeness (QED) is 0.859. The highest BCUT2D eigenvalue weighted by atomic mass is 16.6. The minimum absolute atomic E-state index is 0.271. The minimum atomic E-state index is -0.985. The van der Waals surface area contributed by atoms with E-state index in [1.165, 1.54) is 6.08 Å². The number of aliphatic hydroxyl groups is 1.